The number of carbonyl (C=O) groups is 1. The fourth-order valence-corrected chi connectivity index (χ4v) is 4.82. The van der Waals surface area contributed by atoms with Crippen LogP contribution >= 0.6 is 22.9 Å². The maximum atomic E-state index is 12.5. The number of unbranched alkanes of at least 4 members (excludes halogenated alkanes) is 3. The minimum Gasteiger partial charge on any atom is -0.454 e. The summed E-state index contributed by atoms with van der Waals surface area (Å²) in [7, 11) is 0. The van der Waals surface area contributed by atoms with Crippen molar-refractivity contribution in [1.29, 1.82) is 0 Å². The lowest BCUT2D eigenvalue weighted by atomic mass is 10.1. The first kappa shape index (κ1) is 23.7. The van der Waals surface area contributed by atoms with Crippen LogP contribution in [0.4, 0.5) is 0 Å². The lowest BCUT2D eigenvalue weighted by Gasteiger charge is -2.22. The monoisotopic (exact) mass is 484 g/mol. The van der Waals surface area contributed by atoms with Crippen LogP contribution in [0.5, 0.6) is 11.5 Å². The summed E-state index contributed by atoms with van der Waals surface area (Å²) in [4.78, 5) is 19.5. The Bertz CT molecular complexity index is 1070. The Morgan fingerprint density at radius 3 is 2.58 bits per heavy atom. The van der Waals surface area contributed by atoms with Crippen LogP contribution in [-0.2, 0) is 19.6 Å². The van der Waals surface area contributed by atoms with Gasteiger partial charge in [0.1, 0.15) is 10.7 Å². The van der Waals surface area contributed by atoms with Crippen LogP contribution in [-0.4, -0.2) is 22.5 Å². The molecular weight excluding hydrogens is 456 g/mol. The van der Waals surface area contributed by atoms with Crippen molar-refractivity contribution in [2.45, 2.75) is 58.7 Å². The topological polar surface area (TPSA) is 51.7 Å². The van der Waals surface area contributed by atoms with E-state index in [0.717, 1.165) is 53.0 Å². The minimum atomic E-state index is 0.147. The van der Waals surface area contributed by atoms with Gasteiger partial charge in [0.25, 0.3) is 0 Å². The first-order valence-electron chi connectivity index (χ1n) is 11.4. The van der Waals surface area contributed by atoms with Gasteiger partial charge in [-0.05, 0) is 41.8 Å². The number of aromatic nitrogens is 1. The van der Waals surface area contributed by atoms with Crippen LogP contribution < -0.4 is 9.47 Å². The predicted octanol–water partition coefficient (Wildman–Crippen LogP) is 6.88. The Hall–Kier alpha value is -2.41. The first-order chi connectivity index (χ1) is 16.1. The Morgan fingerprint density at radius 2 is 1.76 bits per heavy atom. The molecule has 0 amide bonds. The van der Waals surface area contributed by atoms with Crippen LogP contribution in [0, 0.1) is 0 Å². The van der Waals surface area contributed by atoms with Gasteiger partial charge in [-0.15, -0.1) is 11.3 Å². The number of halogens is 1. The summed E-state index contributed by atoms with van der Waals surface area (Å²) in [6.07, 6.45) is 4.96. The van der Waals surface area contributed by atoms with Gasteiger partial charge in [-0.3, -0.25) is 9.69 Å². The number of hydrogen-bond acceptors (Lipinski definition) is 6. The number of thiazole rings is 1. The van der Waals surface area contributed by atoms with Gasteiger partial charge in [0.2, 0.25) is 6.79 Å². The predicted molar refractivity (Wildman–Crippen MR) is 132 cm³/mol. The van der Waals surface area contributed by atoms with Gasteiger partial charge in [-0.2, -0.15) is 0 Å². The molecule has 7 heteroatoms. The van der Waals surface area contributed by atoms with Gasteiger partial charge >= 0.3 is 0 Å². The third-order valence-electron chi connectivity index (χ3n) is 5.62. The number of rotatable bonds is 12. The van der Waals surface area contributed by atoms with Crippen molar-refractivity contribution in [3.63, 3.8) is 0 Å². The number of benzene rings is 2. The molecule has 0 radical (unpaired) electrons. The van der Waals surface area contributed by atoms with Crippen LogP contribution in [0.2, 0.25) is 5.02 Å². The highest BCUT2D eigenvalue weighted by atomic mass is 35.5. The second kappa shape index (κ2) is 11.6. The Morgan fingerprint density at radius 1 is 1.00 bits per heavy atom. The summed E-state index contributed by atoms with van der Waals surface area (Å²) in [5, 5.41) is 3.57. The molecule has 0 N–H and O–H groups in total. The van der Waals surface area contributed by atoms with Crippen molar-refractivity contribution in [3.8, 4) is 11.5 Å². The van der Waals surface area contributed by atoms with Gasteiger partial charge in [0.15, 0.2) is 17.3 Å². The normalized spacial score (nSPS) is 12.5. The molecule has 0 saturated carbocycles. The van der Waals surface area contributed by atoms with E-state index >= 15 is 0 Å². The van der Waals surface area contributed by atoms with E-state index in [1.807, 2.05) is 41.8 Å². The molecule has 33 heavy (non-hydrogen) atoms. The molecule has 0 aliphatic carbocycles. The molecule has 1 aromatic heterocycles. The van der Waals surface area contributed by atoms with Crippen molar-refractivity contribution in [2.75, 3.05) is 6.79 Å². The number of ether oxygens (including phenoxy) is 2. The molecule has 5 nitrogen and oxygen atoms in total. The largest absolute Gasteiger partial charge is 0.454 e. The van der Waals surface area contributed by atoms with Crippen molar-refractivity contribution in [1.82, 2.24) is 9.88 Å². The lowest BCUT2D eigenvalue weighted by molar-refractivity contribution is 0.0974. The molecule has 4 rings (SSSR count). The maximum Gasteiger partial charge on any atom is 0.231 e. The number of carbonyl (C=O) groups excluding carboxylic acids is 1. The molecule has 174 valence electrons. The molecular formula is C26H29ClN2O3S. The maximum absolute atomic E-state index is 12.5. The summed E-state index contributed by atoms with van der Waals surface area (Å²) in [6, 6.07) is 14.0. The van der Waals surface area contributed by atoms with Gasteiger partial charge in [-0.1, -0.05) is 56.0 Å². The molecule has 0 spiro atoms. The first-order valence-corrected chi connectivity index (χ1v) is 12.7. The van der Waals surface area contributed by atoms with E-state index in [1.165, 1.54) is 18.4 Å². The van der Waals surface area contributed by atoms with E-state index in [2.05, 4.69) is 22.9 Å². The van der Waals surface area contributed by atoms with E-state index in [-0.39, 0.29) is 12.6 Å². The van der Waals surface area contributed by atoms with E-state index in [1.54, 1.807) is 11.3 Å². The van der Waals surface area contributed by atoms with E-state index in [9.17, 15) is 4.79 Å². The zero-order valence-electron chi connectivity index (χ0n) is 18.9. The highest BCUT2D eigenvalue weighted by molar-refractivity contribution is 7.09. The number of Topliss-reactive ketones (excluding diaryl/α,β-unsaturated/α-hetero) is 1. The molecule has 0 saturated heterocycles. The van der Waals surface area contributed by atoms with E-state index in [0.29, 0.717) is 18.7 Å². The summed E-state index contributed by atoms with van der Waals surface area (Å²) in [5.41, 5.74) is 2.90. The number of fused-ring (bicyclic) bond motifs is 1. The zero-order chi connectivity index (χ0) is 23.0. The second-order valence-electron chi connectivity index (χ2n) is 8.32. The molecule has 0 fully saturated rings. The summed E-state index contributed by atoms with van der Waals surface area (Å²) >= 11 is 7.62. The van der Waals surface area contributed by atoms with Crippen molar-refractivity contribution in [3.05, 3.63) is 74.7 Å². The fourth-order valence-electron chi connectivity index (χ4n) is 3.86. The summed E-state index contributed by atoms with van der Waals surface area (Å²) in [6.45, 7) is 4.56. The van der Waals surface area contributed by atoms with Gasteiger partial charge in [-0.25, -0.2) is 4.98 Å². The smallest absolute Gasteiger partial charge is 0.231 e. The Labute approximate surface area is 204 Å². The van der Waals surface area contributed by atoms with E-state index < -0.39 is 0 Å². The number of nitrogens with zero attached hydrogens (tertiary/aromatic N) is 2. The molecule has 0 atom stereocenters. The summed E-state index contributed by atoms with van der Waals surface area (Å²) < 4.78 is 11.0. The molecule has 0 bridgehead atoms. The van der Waals surface area contributed by atoms with Crippen LogP contribution in [0.1, 0.15) is 65.7 Å². The number of ketones is 1. The molecule has 1 aliphatic heterocycles. The highest BCUT2D eigenvalue weighted by Gasteiger charge is 2.17. The SMILES string of the molecule is CCCCCCC(=O)c1csc(CN(Cc2ccc(Cl)cc2)Cc2ccc3c(c2)OCO3)n1. The molecule has 2 heterocycles. The second-order valence-corrected chi connectivity index (χ2v) is 9.70. The number of hydrogen-bond donors (Lipinski definition) is 0. The van der Waals surface area contributed by atoms with Crippen LogP contribution in [0.25, 0.3) is 0 Å². The fraction of sp³-hybridized carbons (Fsp3) is 0.385. The lowest BCUT2D eigenvalue weighted by Crippen LogP contribution is -2.22. The van der Waals surface area contributed by atoms with Crippen LogP contribution in [0.15, 0.2) is 47.8 Å². The van der Waals surface area contributed by atoms with Gasteiger partial charge in [0, 0.05) is 29.9 Å². The Kier molecular flexibility index (Phi) is 8.37. The average Bonchev–Trinajstić information content (AvgIpc) is 3.47. The molecule has 0 unspecified atom stereocenters. The third kappa shape index (κ3) is 6.79. The average molecular weight is 485 g/mol. The molecule has 2 aromatic carbocycles. The highest BCUT2D eigenvalue weighted by Crippen LogP contribution is 2.33. The quantitative estimate of drug-likeness (QED) is 0.207. The molecule has 3 aromatic rings. The third-order valence-corrected chi connectivity index (χ3v) is 6.70. The zero-order valence-corrected chi connectivity index (χ0v) is 20.5. The van der Waals surface area contributed by atoms with E-state index in [4.69, 9.17) is 21.1 Å². The Balaban J connectivity index is 1.44. The summed E-state index contributed by atoms with van der Waals surface area (Å²) in [5.74, 6) is 1.71. The standard InChI is InChI=1S/C26H29ClN2O3S/c1-2-3-4-5-6-23(30)22-17-33-26(28-22)16-29(14-19-7-10-21(27)11-8-19)15-20-9-12-24-25(13-20)32-18-31-24/h7-13,17H,2-6,14-16,18H2,1H3. The van der Waals surface area contributed by atoms with Crippen molar-refractivity contribution in [2.24, 2.45) is 0 Å². The van der Waals surface area contributed by atoms with Gasteiger partial charge in [0.05, 0.1) is 6.54 Å². The minimum absolute atomic E-state index is 0.147. The van der Waals surface area contributed by atoms with Crippen LogP contribution in [0.3, 0.4) is 0 Å². The van der Waals surface area contributed by atoms with Crippen molar-refractivity contribution < 1.29 is 14.3 Å². The van der Waals surface area contributed by atoms with Gasteiger partial charge < -0.3 is 9.47 Å². The van der Waals surface area contributed by atoms with Crippen molar-refractivity contribution >= 4 is 28.7 Å². The molecule has 1 aliphatic rings.